The van der Waals surface area contributed by atoms with Crippen molar-refractivity contribution in [2.24, 2.45) is 0 Å². The molecule has 1 fully saturated rings. The molecule has 1 aromatic carbocycles. The van der Waals surface area contributed by atoms with E-state index in [9.17, 15) is 4.79 Å². The minimum absolute atomic E-state index is 0.112. The zero-order valence-electron chi connectivity index (χ0n) is 13.7. The Kier molecular flexibility index (Phi) is 5.36. The maximum Gasteiger partial charge on any atom is 0.220 e. The number of benzene rings is 1. The largest absolute Gasteiger partial charge is 0.494 e. The lowest BCUT2D eigenvalue weighted by Gasteiger charge is -2.21. The van der Waals surface area contributed by atoms with Gasteiger partial charge in [-0.05, 0) is 49.6 Å². The lowest BCUT2D eigenvalue weighted by molar-refractivity contribution is -0.119. The number of rotatable bonds is 6. The van der Waals surface area contributed by atoms with E-state index in [2.05, 4.69) is 22.4 Å². The quantitative estimate of drug-likeness (QED) is 0.863. The molecular weight excluding hydrogens is 324 g/mol. The van der Waals surface area contributed by atoms with Crippen molar-refractivity contribution in [3.63, 3.8) is 0 Å². The van der Waals surface area contributed by atoms with Crippen LogP contribution in [0.5, 0.6) is 5.75 Å². The second kappa shape index (κ2) is 7.67. The summed E-state index contributed by atoms with van der Waals surface area (Å²) in [6.07, 6.45) is 3.98. The predicted molar refractivity (Wildman–Crippen MR) is 94.5 cm³/mol. The Hall–Kier alpha value is -2.07. The number of carbonyl (C=O) groups excluding carboxylic acids is 1. The number of hydrogen-bond acceptors (Lipinski definition) is 3. The first kappa shape index (κ1) is 16.8. The van der Waals surface area contributed by atoms with E-state index in [0.29, 0.717) is 18.1 Å². The number of pyridine rings is 1. The Labute approximate surface area is 147 Å². The van der Waals surface area contributed by atoms with Crippen LogP contribution in [0.25, 0.3) is 0 Å². The van der Waals surface area contributed by atoms with Crippen molar-refractivity contribution >= 4 is 17.5 Å². The van der Waals surface area contributed by atoms with Gasteiger partial charge in [0, 0.05) is 30.3 Å². The second-order valence-electron chi connectivity index (χ2n) is 5.99. The molecule has 1 N–H and O–H groups in total. The molecule has 0 aliphatic carbocycles. The minimum atomic E-state index is 0.112. The fourth-order valence-corrected chi connectivity index (χ4v) is 3.23. The van der Waals surface area contributed by atoms with Gasteiger partial charge in [0.15, 0.2) is 0 Å². The fraction of sp³-hybridized carbons (Fsp3) is 0.368. The van der Waals surface area contributed by atoms with Crippen LogP contribution >= 0.6 is 11.6 Å². The van der Waals surface area contributed by atoms with Gasteiger partial charge in [0.2, 0.25) is 5.91 Å². The van der Waals surface area contributed by atoms with Gasteiger partial charge in [0.05, 0.1) is 11.6 Å². The lowest BCUT2D eigenvalue weighted by Crippen LogP contribution is -2.27. The van der Waals surface area contributed by atoms with Crippen LogP contribution in [0, 0.1) is 0 Å². The number of ether oxygens (including phenoxy) is 1. The molecule has 4 nitrogen and oxygen atoms in total. The van der Waals surface area contributed by atoms with Gasteiger partial charge in [-0.1, -0.05) is 23.7 Å². The van der Waals surface area contributed by atoms with Gasteiger partial charge in [-0.3, -0.25) is 9.78 Å². The molecule has 5 heteroatoms. The average molecular weight is 345 g/mol. The highest BCUT2D eigenvalue weighted by Gasteiger charge is 2.26. The maximum atomic E-state index is 11.5. The minimum Gasteiger partial charge on any atom is -0.494 e. The first-order chi connectivity index (χ1) is 11.7. The molecule has 2 atom stereocenters. The van der Waals surface area contributed by atoms with Gasteiger partial charge in [-0.25, -0.2) is 0 Å². The molecule has 24 heavy (non-hydrogen) atoms. The number of aromatic nitrogens is 1. The molecule has 3 rings (SSSR count). The summed E-state index contributed by atoms with van der Waals surface area (Å²) in [5, 5.41) is 3.67. The molecule has 126 valence electrons. The molecule has 0 bridgehead atoms. The van der Waals surface area contributed by atoms with Crippen molar-refractivity contribution < 1.29 is 9.53 Å². The summed E-state index contributed by atoms with van der Waals surface area (Å²) in [6, 6.07) is 12.1. The van der Waals surface area contributed by atoms with Crippen molar-refractivity contribution in [3.8, 4) is 5.75 Å². The van der Waals surface area contributed by atoms with E-state index in [1.54, 1.807) is 6.20 Å². The molecule has 2 heterocycles. The van der Waals surface area contributed by atoms with E-state index in [0.717, 1.165) is 29.8 Å². The van der Waals surface area contributed by atoms with Crippen LogP contribution in [-0.4, -0.2) is 23.5 Å². The summed E-state index contributed by atoms with van der Waals surface area (Å²) in [5.41, 5.74) is 2.12. The van der Waals surface area contributed by atoms with Crippen molar-refractivity contribution in [2.45, 2.75) is 38.1 Å². The van der Waals surface area contributed by atoms with Crippen LogP contribution in [-0.2, 0) is 4.79 Å². The third-order valence-corrected chi connectivity index (χ3v) is 4.53. The predicted octanol–water partition coefficient (Wildman–Crippen LogP) is 3.93. The van der Waals surface area contributed by atoms with E-state index in [1.165, 1.54) is 0 Å². The van der Waals surface area contributed by atoms with Gasteiger partial charge in [0.25, 0.3) is 0 Å². The molecule has 1 aliphatic heterocycles. The van der Waals surface area contributed by atoms with Crippen LogP contribution in [0.15, 0.2) is 42.6 Å². The Bertz CT molecular complexity index is 686. The molecular formula is C19H21ClN2O2. The second-order valence-corrected chi connectivity index (χ2v) is 6.43. The van der Waals surface area contributed by atoms with E-state index >= 15 is 0 Å². The monoisotopic (exact) mass is 344 g/mol. The Morgan fingerprint density at radius 2 is 2.08 bits per heavy atom. The van der Waals surface area contributed by atoms with Crippen molar-refractivity contribution in [1.82, 2.24) is 10.3 Å². The zero-order chi connectivity index (χ0) is 16.9. The third kappa shape index (κ3) is 4.06. The fourth-order valence-electron chi connectivity index (χ4n) is 3.12. The number of nitrogens with zero attached hydrogens (tertiary/aromatic N) is 1. The summed E-state index contributed by atoms with van der Waals surface area (Å²) < 4.78 is 5.52. The van der Waals surface area contributed by atoms with Crippen LogP contribution in [0.3, 0.4) is 0 Å². The Balaban J connectivity index is 1.85. The number of amides is 1. The summed E-state index contributed by atoms with van der Waals surface area (Å²) >= 11 is 5.97. The van der Waals surface area contributed by atoms with E-state index in [4.69, 9.17) is 16.3 Å². The zero-order valence-corrected chi connectivity index (χ0v) is 14.4. The van der Waals surface area contributed by atoms with Crippen LogP contribution in [0.1, 0.15) is 43.4 Å². The molecule has 0 radical (unpaired) electrons. The van der Waals surface area contributed by atoms with Gasteiger partial charge < -0.3 is 10.1 Å². The first-order valence-corrected chi connectivity index (χ1v) is 8.67. The topological polar surface area (TPSA) is 51.2 Å². The van der Waals surface area contributed by atoms with E-state index in [-0.39, 0.29) is 17.9 Å². The number of nitrogens with one attached hydrogen (secondary N) is 1. The average Bonchev–Trinajstić information content (AvgIpc) is 3.00. The molecule has 2 aromatic rings. The van der Waals surface area contributed by atoms with E-state index in [1.807, 2.05) is 31.2 Å². The van der Waals surface area contributed by atoms with Crippen molar-refractivity contribution in [3.05, 3.63) is 58.9 Å². The summed E-state index contributed by atoms with van der Waals surface area (Å²) in [4.78, 5) is 16.0. The first-order valence-electron chi connectivity index (χ1n) is 8.29. The smallest absolute Gasteiger partial charge is 0.220 e. The van der Waals surface area contributed by atoms with Crippen molar-refractivity contribution in [2.75, 3.05) is 6.61 Å². The van der Waals surface area contributed by atoms with Crippen molar-refractivity contribution in [1.29, 1.82) is 0 Å². The lowest BCUT2D eigenvalue weighted by atomic mass is 9.88. The van der Waals surface area contributed by atoms with Gasteiger partial charge in [-0.15, -0.1) is 0 Å². The molecule has 1 aliphatic rings. The van der Waals surface area contributed by atoms with E-state index < -0.39 is 0 Å². The summed E-state index contributed by atoms with van der Waals surface area (Å²) in [7, 11) is 0. The van der Waals surface area contributed by atoms with Crippen LogP contribution in [0.4, 0.5) is 0 Å². The van der Waals surface area contributed by atoms with Gasteiger partial charge in [0.1, 0.15) is 5.75 Å². The third-order valence-electron chi connectivity index (χ3n) is 4.31. The Morgan fingerprint density at radius 1 is 1.29 bits per heavy atom. The number of hydrogen-bond donors (Lipinski definition) is 1. The highest BCUT2D eigenvalue weighted by molar-refractivity contribution is 6.30. The normalized spacial score (nSPS) is 18.2. The number of carbonyl (C=O) groups is 1. The molecule has 0 spiro atoms. The Morgan fingerprint density at radius 3 is 2.67 bits per heavy atom. The summed E-state index contributed by atoms with van der Waals surface area (Å²) in [6.45, 7) is 2.62. The SMILES string of the molecule is CCOc1ccc(C(C[C@H]2CCC(=O)N2)c2ccc(Cl)cn2)cc1. The summed E-state index contributed by atoms with van der Waals surface area (Å²) in [5.74, 6) is 1.11. The molecule has 1 saturated heterocycles. The van der Waals surface area contributed by atoms with Crippen LogP contribution < -0.4 is 10.1 Å². The molecule has 1 aromatic heterocycles. The molecule has 1 amide bonds. The highest BCUT2D eigenvalue weighted by atomic mass is 35.5. The maximum absolute atomic E-state index is 11.5. The van der Waals surface area contributed by atoms with Crippen LogP contribution in [0.2, 0.25) is 5.02 Å². The highest BCUT2D eigenvalue weighted by Crippen LogP contribution is 2.31. The van der Waals surface area contributed by atoms with Gasteiger partial charge in [-0.2, -0.15) is 0 Å². The molecule has 0 saturated carbocycles. The van der Waals surface area contributed by atoms with Gasteiger partial charge >= 0.3 is 0 Å². The molecule has 1 unspecified atom stereocenters. The standard InChI is InChI=1S/C19H21ClN2O2/c1-2-24-16-7-3-13(4-8-16)17(11-15-6-10-19(23)22-15)18-9-5-14(20)12-21-18/h3-5,7-9,12,15,17H,2,6,10-11H2,1H3,(H,22,23)/t15-,17?/m1/s1. The number of halogens is 1.